The fourth-order valence-electron chi connectivity index (χ4n) is 3.64. The van der Waals surface area contributed by atoms with Gasteiger partial charge in [0, 0.05) is 49.0 Å². The van der Waals surface area contributed by atoms with Gasteiger partial charge in [0.05, 0.1) is 12.1 Å². The standard InChI is InChI=1S/C20H29N3OS/c1-15(2)13-21-7-9-22(10-8-21)20(24)19-12-16(3)23(17(19)4)14-18-6-5-11-25-18/h5-6,11-12,15H,7-10,13-14H2,1-4H3. The summed E-state index contributed by atoms with van der Waals surface area (Å²) < 4.78 is 2.26. The zero-order valence-corrected chi connectivity index (χ0v) is 16.6. The highest BCUT2D eigenvalue weighted by molar-refractivity contribution is 7.09. The van der Waals surface area contributed by atoms with Crippen LogP contribution in [0.4, 0.5) is 0 Å². The average molecular weight is 360 g/mol. The second kappa shape index (κ2) is 7.75. The smallest absolute Gasteiger partial charge is 0.255 e. The number of thiophene rings is 1. The Hall–Kier alpha value is -1.59. The van der Waals surface area contributed by atoms with Crippen molar-refractivity contribution in [2.75, 3.05) is 32.7 Å². The van der Waals surface area contributed by atoms with E-state index in [0.29, 0.717) is 5.92 Å². The molecule has 0 bridgehead atoms. The van der Waals surface area contributed by atoms with Gasteiger partial charge in [-0.1, -0.05) is 19.9 Å². The summed E-state index contributed by atoms with van der Waals surface area (Å²) in [6.45, 7) is 14.3. The summed E-state index contributed by atoms with van der Waals surface area (Å²) in [4.78, 5) is 18.8. The maximum atomic E-state index is 13.0. The lowest BCUT2D eigenvalue weighted by molar-refractivity contribution is 0.0623. The Balaban J connectivity index is 1.69. The predicted octanol–water partition coefficient (Wildman–Crippen LogP) is 3.63. The van der Waals surface area contributed by atoms with E-state index in [1.807, 2.05) is 4.90 Å². The highest BCUT2D eigenvalue weighted by Crippen LogP contribution is 2.21. The molecule has 3 heterocycles. The van der Waals surface area contributed by atoms with E-state index in [-0.39, 0.29) is 5.91 Å². The van der Waals surface area contributed by atoms with Gasteiger partial charge in [-0.05, 0) is 37.3 Å². The Labute approximate surface area is 155 Å². The quantitative estimate of drug-likeness (QED) is 0.816. The number of amides is 1. The second-order valence-corrected chi connectivity index (χ2v) is 8.47. The normalized spacial score (nSPS) is 16.0. The van der Waals surface area contributed by atoms with E-state index in [0.717, 1.165) is 56.2 Å². The van der Waals surface area contributed by atoms with E-state index in [1.165, 1.54) is 4.88 Å². The Morgan fingerprint density at radius 2 is 1.92 bits per heavy atom. The van der Waals surface area contributed by atoms with Crippen LogP contribution >= 0.6 is 11.3 Å². The van der Waals surface area contributed by atoms with E-state index in [9.17, 15) is 4.79 Å². The third kappa shape index (κ3) is 4.15. The number of carbonyl (C=O) groups is 1. The maximum Gasteiger partial charge on any atom is 0.255 e. The van der Waals surface area contributed by atoms with Crippen LogP contribution in [0.5, 0.6) is 0 Å². The molecule has 0 atom stereocenters. The molecule has 1 fully saturated rings. The molecule has 0 saturated carbocycles. The first-order chi connectivity index (χ1) is 12.0. The topological polar surface area (TPSA) is 28.5 Å². The summed E-state index contributed by atoms with van der Waals surface area (Å²) in [7, 11) is 0. The molecule has 2 aromatic heterocycles. The number of nitrogens with zero attached hydrogens (tertiary/aromatic N) is 3. The van der Waals surface area contributed by atoms with Crippen LogP contribution in [0.15, 0.2) is 23.6 Å². The molecule has 2 aromatic rings. The Morgan fingerprint density at radius 1 is 1.20 bits per heavy atom. The first kappa shape index (κ1) is 18.2. The van der Waals surface area contributed by atoms with Crippen LogP contribution in [0.1, 0.15) is 40.5 Å². The van der Waals surface area contributed by atoms with Gasteiger partial charge in [0.15, 0.2) is 0 Å². The number of piperazine rings is 1. The fraction of sp³-hybridized carbons (Fsp3) is 0.550. The van der Waals surface area contributed by atoms with E-state index >= 15 is 0 Å². The summed E-state index contributed by atoms with van der Waals surface area (Å²) in [5.41, 5.74) is 3.11. The summed E-state index contributed by atoms with van der Waals surface area (Å²) in [6, 6.07) is 6.29. The van der Waals surface area contributed by atoms with Gasteiger partial charge in [0.1, 0.15) is 0 Å². The van der Waals surface area contributed by atoms with Gasteiger partial charge in [-0.15, -0.1) is 11.3 Å². The van der Waals surface area contributed by atoms with Crippen molar-refractivity contribution in [3.8, 4) is 0 Å². The minimum absolute atomic E-state index is 0.190. The molecule has 1 saturated heterocycles. The van der Waals surface area contributed by atoms with E-state index in [2.05, 4.69) is 60.7 Å². The third-order valence-electron chi connectivity index (χ3n) is 4.98. The third-order valence-corrected chi connectivity index (χ3v) is 5.84. The Morgan fingerprint density at radius 3 is 2.52 bits per heavy atom. The van der Waals surface area contributed by atoms with Crippen molar-refractivity contribution in [1.82, 2.24) is 14.4 Å². The lowest BCUT2D eigenvalue weighted by Gasteiger charge is -2.35. The molecular formula is C20H29N3OS. The number of aryl methyl sites for hydroxylation is 1. The Kier molecular flexibility index (Phi) is 5.64. The summed E-state index contributed by atoms with van der Waals surface area (Å²) in [5, 5.41) is 2.10. The van der Waals surface area contributed by atoms with Crippen molar-refractivity contribution < 1.29 is 4.79 Å². The predicted molar refractivity (Wildman–Crippen MR) is 105 cm³/mol. The summed E-state index contributed by atoms with van der Waals surface area (Å²) in [5.74, 6) is 0.869. The first-order valence-corrected chi connectivity index (χ1v) is 10.0. The lowest BCUT2D eigenvalue weighted by atomic mass is 10.1. The van der Waals surface area contributed by atoms with Crippen molar-refractivity contribution in [2.24, 2.45) is 5.92 Å². The lowest BCUT2D eigenvalue weighted by Crippen LogP contribution is -2.49. The Bertz CT molecular complexity index is 710. The summed E-state index contributed by atoms with van der Waals surface area (Å²) in [6.07, 6.45) is 0. The molecule has 0 aromatic carbocycles. The SMILES string of the molecule is Cc1cc(C(=O)N2CCN(CC(C)C)CC2)c(C)n1Cc1cccs1. The van der Waals surface area contributed by atoms with Crippen LogP contribution < -0.4 is 0 Å². The minimum atomic E-state index is 0.190. The fourth-order valence-corrected chi connectivity index (χ4v) is 4.33. The van der Waals surface area contributed by atoms with Crippen LogP contribution in [-0.4, -0.2) is 53.0 Å². The second-order valence-electron chi connectivity index (χ2n) is 7.44. The van der Waals surface area contributed by atoms with Crippen LogP contribution in [0, 0.1) is 19.8 Å². The number of rotatable bonds is 5. The molecule has 0 unspecified atom stereocenters. The number of hydrogen-bond acceptors (Lipinski definition) is 3. The van der Waals surface area contributed by atoms with Gasteiger partial charge in [-0.3, -0.25) is 9.69 Å². The summed E-state index contributed by atoms with van der Waals surface area (Å²) >= 11 is 1.76. The maximum absolute atomic E-state index is 13.0. The van der Waals surface area contributed by atoms with Crippen molar-refractivity contribution in [3.05, 3.63) is 45.4 Å². The van der Waals surface area contributed by atoms with Crippen molar-refractivity contribution >= 4 is 17.2 Å². The molecule has 0 radical (unpaired) electrons. The average Bonchev–Trinajstić information content (AvgIpc) is 3.18. The van der Waals surface area contributed by atoms with Gasteiger partial charge in [-0.25, -0.2) is 0 Å². The molecule has 0 spiro atoms. The largest absolute Gasteiger partial charge is 0.343 e. The number of carbonyl (C=O) groups excluding carboxylic acids is 1. The molecule has 1 aliphatic heterocycles. The molecule has 0 N–H and O–H groups in total. The molecule has 136 valence electrons. The van der Waals surface area contributed by atoms with Crippen LogP contribution in [-0.2, 0) is 6.54 Å². The molecule has 0 aliphatic carbocycles. The minimum Gasteiger partial charge on any atom is -0.343 e. The first-order valence-electron chi connectivity index (χ1n) is 9.16. The van der Waals surface area contributed by atoms with Gasteiger partial charge in [0.25, 0.3) is 5.91 Å². The highest BCUT2D eigenvalue weighted by Gasteiger charge is 2.25. The molecule has 5 heteroatoms. The molecular weight excluding hydrogens is 330 g/mol. The van der Waals surface area contributed by atoms with Gasteiger partial charge in [0.2, 0.25) is 0 Å². The molecule has 1 aliphatic rings. The monoisotopic (exact) mass is 359 g/mol. The molecule has 4 nitrogen and oxygen atoms in total. The number of hydrogen-bond donors (Lipinski definition) is 0. The zero-order valence-electron chi connectivity index (χ0n) is 15.8. The molecule has 3 rings (SSSR count). The van der Waals surface area contributed by atoms with Crippen LogP contribution in [0.3, 0.4) is 0 Å². The van der Waals surface area contributed by atoms with Crippen LogP contribution in [0.25, 0.3) is 0 Å². The number of aromatic nitrogens is 1. The van der Waals surface area contributed by atoms with Crippen molar-refractivity contribution in [3.63, 3.8) is 0 Å². The van der Waals surface area contributed by atoms with Crippen molar-refractivity contribution in [1.29, 1.82) is 0 Å². The van der Waals surface area contributed by atoms with Gasteiger partial charge in [-0.2, -0.15) is 0 Å². The van der Waals surface area contributed by atoms with Gasteiger partial charge >= 0.3 is 0 Å². The highest BCUT2D eigenvalue weighted by atomic mass is 32.1. The van der Waals surface area contributed by atoms with E-state index < -0.39 is 0 Å². The van der Waals surface area contributed by atoms with E-state index in [4.69, 9.17) is 0 Å². The zero-order chi connectivity index (χ0) is 18.0. The molecule has 1 amide bonds. The molecule has 25 heavy (non-hydrogen) atoms. The van der Waals surface area contributed by atoms with Crippen molar-refractivity contribution in [2.45, 2.75) is 34.2 Å². The van der Waals surface area contributed by atoms with Gasteiger partial charge < -0.3 is 9.47 Å². The van der Waals surface area contributed by atoms with Crippen LogP contribution in [0.2, 0.25) is 0 Å². The van der Waals surface area contributed by atoms with E-state index in [1.54, 1.807) is 11.3 Å².